The first-order valence-corrected chi connectivity index (χ1v) is 8.40. The van der Waals surface area contributed by atoms with E-state index in [0.717, 1.165) is 16.6 Å². The van der Waals surface area contributed by atoms with Crippen molar-refractivity contribution in [1.82, 2.24) is 19.9 Å². The molecule has 1 amide bonds. The predicted molar refractivity (Wildman–Crippen MR) is 103 cm³/mol. The zero-order chi connectivity index (χ0) is 18.5. The van der Waals surface area contributed by atoms with Crippen molar-refractivity contribution in [3.63, 3.8) is 0 Å². The van der Waals surface area contributed by atoms with Gasteiger partial charge < -0.3 is 10.6 Å². The van der Waals surface area contributed by atoms with Crippen LogP contribution >= 0.6 is 0 Å². The normalized spacial score (nSPS) is 10.5. The lowest BCUT2D eigenvalue weighted by Gasteiger charge is -2.09. The third kappa shape index (κ3) is 3.87. The monoisotopic (exact) mass is 356 g/mol. The minimum Gasteiger partial charge on any atom is -0.364 e. The summed E-state index contributed by atoms with van der Waals surface area (Å²) in [5, 5.41) is 6.97. The van der Waals surface area contributed by atoms with Gasteiger partial charge in [0.05, 0.1) is 23.4 Å². The Labute approximate surface area is 155 Å². The zero-order valence-corrected chi connectivity index (χ0v) is 14.3. The highest BCUT2D eigenvalue weighted by Gasteiger charge is 2.11. The van der Waals surface area contributed by atoms with Gasteiger partial charge in [0.25, 0.3) is 5.91 Å². The number of carbonyl (C=O) groups excluding carboxylic acids is 1. The van der Waals surface area contributed by atoms with Gasteiger partial charge in [0.1, 0.15) is 17.8 Å². The van der Waals surface area contributed by atoms with Crippen molar-refractivity contribution in [3.8, 4) is 0 Å². The summed E-state index contributed by atoms with van der Waals surface area (Å²) in [6.07, 6.45) is 4.79. The van der Waals surface area contributed by atoms with E-state index in [0.29, 0.717) is 18.1 Å². The van der Waals surface area contributed by atoms with Gasteiger partial charge in [0.15, 0.2) is 0 Å². The summed E-state index contributed by atoms with van der Waals surface area (Å²) in [5.74, 6) is 0.230. The number of fused-ring (bicyclic) bond motifs is 1. The quantitative estimate of drug-likeness (QED) is 0.570. The van der Waals surface area contributed by atoms with Gasteiger partial charge in [-0.3, -0.25) is 14.8 Å². The number of hydrogen-bond acceptors (Lipinski definition) is 6. The number of nitrogens with zero attached hydrogens (tertiary/aromatic N) is 4. The molecule has 2 N–H and O–H groups in total. The summed E-state index contributed by atoms with van der Waals surface area (Å²) < 4.78 is 0. The lowest BCUT2D eigenvalue weighted by molar-refractivity contribution is 0.102. The summed E-state index contributed by atoms with van der Waals surface area (Å²) in [6.45, 7) is 0.506. The molecule has 0 saturated carbocycles. The van der Waals surface area contributed by atoms with E-state index in [4.69, 9.17) is 0 Å². The highest BCUT2D eigenvalue weighted by molar-refractivity contribution is 6.07. The molecule has 27 heavy (non-hydrogen) atoms. The molecule has 0 spiro atoms. The Balaban J connectivity index is 1.50. The van der Waals surface area contributed by atoms with Crippen molar-refractivity contribution in [2.45, 2.75) is 6.54 Å². The fourth-order valence-corrected chi connectivity index (χ4v) is 2.65. The van der Waals surface area contributed by atoms with E-state index in [1.807, 2.05) is 48.5 Å². The minimum absolute atomic E-state index is 0.265. The Morgan fingerprint density at radius 1 is 0.889 bits per heavy atom. The molecule has 132 valence electrons. The van der Waals surface area contributed by atoms with Crippen molar-refractivity contribution in [2.24, 2.45) is 0 Å². The zero-order valence-electron chi connectivity index (χ0n) is 14.3. The molecule has 3 heterocycles. The van der Waals surface area contributed by atoms with E-state index in [9.17, 15) is 4.79 Å². The summed E-state index contributed by atoms with van der Waals surface area (Å²) in [6, 6.07) is 16.7. The number of para-hydroxylation sites is 1. The molecule has 0 fully saturated rings. The predicted octanol–water partition coefficient (Wildman–Crippen LogP) is 3.28. The van der Waals surface area contributed by atoms with Gasteiger partial charge in [-0.2, -0.15) is 0 Å². The highest BCUT2D eigenvalue weighted by atomic mass is 16.1. The maximum atomic E-state index is 12.6. The molecule has 0 radical (unpaired) electrons. The second-order valence-electron chi connectivity index (χ2n) is 5.80. The Morgan fingerprint density at radius 2 is 1.78 bits per heavy atom. The molecule has 0 aliphatic carbocycles. The average molecular weight is 356 g/mol. The molecular weight excluding hydrogens is 340 g/mol. The fourth-order valence-electron chi connectivity index (χ4n) is 2.65. The average Bonchev–Trinajstić information content (AvgIpc) is 2.73. The maximum Gasteiger partial charge on any atom is 0.274 e. The lowest BCUT2D eigenvalue weighted by Crippen LogP contribution is -2.15. The first kappa shape index (κ1) is 16.6. The number of aromatic nitrogens is 4. The maximum absolute atomic E-state index is 12.6. The second kappa shape index (κ2) is 7.57. The van der Waals surface area contributed by atoms with Crippen LogP contribution in [0.1, 0.15) is 16.2 Å². The van der Waals surface area contributed by atoms with Crippen LogP contribution < -0.4 is 10.6 Å². The van der Waals surface area contributed by atoms with E-state index in [1.54, 1.807) is 18.5 Å². The van der Waals surface area contributed by atoms with Gasteiger partial charge in [0, 0.05) is 23.8 Å². The highest BCUT2D eigenvalue weighted by Crippen LogP contribution is 2.21. The number of carbonyl (C=O) groups is 1. The number of rotatable bonds is 5. The van der Waals surface area contributed by atoms with Gasteiger partial charge in [-0.15, -0.1) is 0 Å². The van der Waals surface area contributed by atoms with Crippen molar-refractivity contribution in [1.29, 1.82) is 0 Å². The first-order chi connectivity index (χ1) is 13.3. The van der Waals surface area contributed by atoms with Crippen LogP contribution in [0.25, 0.3) is 10.9 Å². The molecule has 0 bridgehead atoms. The minimum atomic E-state index is -0.323. The van der Waals surface area contributed by atoms with E-state index >= 15 is 0 Å². The molecular formula is C20H16N6O. The van der Waals surface area contributed by atoms with Gasteiger partial charge in [-0.05, 0) is 24.3 Å². The SMILES string of the molecule is O=C(Nc1cccc2cccnc12)c1cc(NCc2ccccn2)ncn1. The number of hydrogen-bond donors (Lipinski definition) is 2. The largest absolute Gasteiger partial charge is 0.364 e. The van der Waals surface area contributed by atoms with Crippen molar-refractivity contribution >= 4 is 28.3 Å². The molecule has 4 aromatic rings. The van der Waals surface area contributed by atoms with Gasteiger partial charge in [-0.1, -0.05) is 24.3 Å². The van der Waals surface area contributed by atoms with Crippen LogP contribution in [-0.2, 0) is 6.54 Å². The summed E-state index contributed by atoms with van der Waals surface area (Å²) >= 11 is 0. The smallest absolute Gasteiger partial charge is 0.274 e. The van der Waals surface area contributed by atoms with E-state index < -0.39 is 0 Å². The second-order valence-corrected chi connectivity index (χ2v) is 5.80. The Kier molecular flexibility index (Phi) is 4.65. The summed E-state index contributed by atoms with van der Waals surface area (Å²) in [4.78, 5) is 29.4. The number of nitrogens with one attached hydrogen (secondary N) is 2. The lowest BCUT2D eigenvalue weighted by atomic mass is 10.2. The molecule has 0 saturated heterocycles. The molecule has 7 heteroatoms. The molecule has 0 aliphatic heterocycles. The molecule has 4 rings (SSSR count). The summed E-state index contributed by atoms with van der Waals surface area (Å²) in [7, 11) is 0. The third-order valence-corrected chi connectivity index (χ3v) is 3.96. The Hall–Kier alpha value is -3.87. The molecule has 7 nitrogen and oxygen atoms in total. The van der Waals surface area contributed by atoms with Crippen molar-refractivity contribution < 1.29 is 4.79 Å². The van der Waals surface area contributed by atoms with Crippen molar-refractivity contribution in [2.75, 3.05) is 10.6 Å². The van der Waals surface area contributed by atoms with Crippen LogP contribution in [-0.4, -0.2) is 25.8 Å². The Bertz CT molecular complexity index is 1080. The number of anilines is 2. The number of benzene rings is 1. The standard InChI is InChI=1S/C20H16N6O/c27-20(26-16-8-3-5-14-6-4-10-22-19(14)16)17-11-18(25-13-24-17)23-12-15-7-1-2-9-21-15/h1-11,13H,12H2,(H,26,27)(H,23,24,25). The van der Waals surface area contributed by atoms with Crippen LogP contribution in [0.2, 0.25) is 0 Å². The van der Waals surface area contributed by atoms with Gasteiger partial charge in [0.2, 0.25) is 0 Å². The molecule has 0 unspecified atom stereocenters. The van der Waals surface area contributed by atoms with Crippen molar-refractivity contribution in [3.05, 3.63) is 84.7 Å². The van der Waals surface area contributed by atoms with E-state index in [-0.39, 0.29) is 11.6 Å². The van der Waals surface area contributed by atoms with Crippen LogP contribution in [0, 0.1) is 0 Å². The van der Waals surface area contributed by atoms with E-state index in [2.05, 4.69) is 30.6 Å². The van der Waals surface area contributed by atoms with Gasteiger partial charge in [-0.25, -0.2) is 9.97 Å². The molecule has 1 aromatic carbocycles. The Morgan fingerprint density at radius 3 is 2.67 bits per heavy atom. The topological polar surface area (TPSA) is 92.7 Å². The first-order valence-electron chi connectivity index (χ1n) is 8.40. The summed E-state index contributed by atoms with van der Waals surface area (Å²) in [5.41, 5.74) is 2.51. The number of pyridine rings is 2. The molecule has 0 atom stereocenters. The van der Waals surface area contributed by atoms with Crippen LogP contribution in [0.5, 0.6) is 0 Å². The molecule has 0 aliphatic rings. The fraction of sp³-hybridized carbons (Fsp3) is 0.0500. The van der Waals surface area contributed by atoms with Gasteiger partial charge >= 0.3 is 0 Å². The number of amides is 1. The van der Waals surface area contributed by atoms with E-state index in [1.165, 1.54) is 6.33 Å². The molecule has 3 aromatic heterocycles. The van der Waals surface area contributed by atoms with Crippen LogP contribution in [0.4, 0.5) is 11.5 Å². The van der Waals surface area contributed by atoms with Crippen LogP contribution in [0.15, 0.2) is 73.3 Å². The third-order valence-electron chi connectivity index (χ3n) is 3.96. The van der Waals surface area contributed by atoms with Crippen LogP contribution in [0.3, 0.4) is 0 Å².